The average Bonchev–Trinajstić information content (AvgIpc) is 3.39. The van der Waals surface area contributed by atoms with Crippen molar-refractivity contribution in [1.29, 1.82) is 0 Å². The van der Waals surface area contributed by atoms with Crippen molar-refractivity contribution in [3.63, 3.8) is 0 Å². The van der Waals surface area contributed by atoms with E-state index in [1.165, 1.54) is 10.7 Å². The molecule has 3 aromatic carbocycles. The standard InChI is InChI=1S/C8H9O2.3C6H5.Sn/c9-8(10)7-4-5-1-2-6(7)3-5;3*1-2-4-6-5-3-1;/h1-2,4-7H,3H2,(H,9,10);3*1-5H;/t5-,6+,7-;;;;/m1..../s1. The van der Waals surface area contributed by atoms with Crippen LogP contribution in [0.1, 0.15) is 6.42 Å². The molecule has 5 rings (SSSR count). The fourth-order valence-corrected chi connectivity index (χ4v) is 23.4. The van der Waals surface area contributed by atoms with Crippen molar-refractivity contribution < 1.29 is 9.90 Å². The van der Waals surface area contributed by atoms with Crippen LogP contribution in [0.25, 0.3) is 0 Å². The maximum absolute atomic E-state index is 12.5. The molecule has 3 aromatic rings. The van der Waals surface area contributed by atoms with Crippen LogP contribution in [-0.2, 0) is 4.79 Å². The van der Waals surface area contributed by atoms with Crippen molar-refractivity contribution in [1.82, 2.24) is 0 Å². The van der Waals surface area contributed by atoms with Crippen molar-refractivity contribution in [2.24, 2.45) is 17.8 Å². The van der Waals surface area contributed by atoms with E-state index in [1.54, 1.807) is 0 Å². The number of hydrogen-bond donors (Lipinski definition) is 1. The second kappa shape index (κ2) is 7.49. The van der Waals surface area contributed by atoms with Gasteiger partial charge in [-0.05, 0) is 0 Å². The van der Waals surface area contributed by atoms with Crippen molar-refractivity contribution >= 4 is 35.1 Å². The molecule has 1 saturated carbocycles. The quantitative estimate of drug-likeness (QED) is 0.443. The van der Waals surface area contributed by atoms with Gasteiger partial charge >= 0.3 is 176 Å². The first kappa shape index (κ1) is 18.7. The number of rotatable bonds is 5. The molecule has 3 heteroatoms. The number of carbonyl (C=O) groups is 1. The number of fused-ring (bicyclic) bond motifs is 2. The van der Waals surface area contributed by atoms with E-state index in [4.69, 9.17) is 0 Å². The molecule has 2 aliphatic rings. The van der Waals surface area contributed by atoms with Gasteiger partial charge in [-0.2, -0.15) is 0 Å². The molecular formula is C26H24O2Sn. The number of hydrogen-bond acceptors (Lipinski definition) is 1. The Morgan fingerprint density at radius 3 is 1.52 bits per heavy atom. The molecule has 1 N–H and O–H groups in total. The summed E-state index contributed by atoms with van der Waals surface area (Å²) in [6, 6.07) is 32.4. The molecular weight excluding hydrogens is 463 g/mol. The summed E-state index contributed by atoms with van der Waals surface area (Å²) in [5, 5.41) is 10.3. The Bertz CT molecular complexity index is 933. The number of benzene rings is 3. The predicted octanol–water partition coefficient (Wildman–Crippen LogP) is 3.43. The van der Waals surface area contributed by atoms with Crippen LogP contribution in [0.4, 0.5) is 0 Å². The molecule has 0 radical (unpaired) electrons. The van der Waals surface area contributed by atoms with Crippen LogP contribution in [0.2, 0.25) is 3.93 Å². The van der Waals surface area contributed by atoms with Gasteiger partial charge in [0.15, 0.2) is 0 Å². The molecule has 0 amide bonds. The summed E-state index contributed by atoms with van der Waals surface area (Å²) in [6.07, 6.45) is 5.46. The molecule has 0 heterocycles. The van der Waals surface area contributed by atoms with Gasteiger partial charge in [0.1, 0.15) is 0 Å². The molecule has 0 aromatic heterocycles. The van der Waals surface area contributed by atoms with Crippen molar-refractivity contribution in [3.05, 3.63) is 103 Å². The van der Waals surface area contributed by atoms with Crippen LogP contribution in [-0.4, -0.2) is 29.5 Å². The second-order valence-electron chi connectivity index (χ2n) is 8.24. The Labute approximate surface area is 175 Å². The molecule has 2 nitrogen and oxygen atoms in total. The Balaban J connectivity index is 1.87. The van der Waals surface area contributed by atoms with Gasteiger partial charge in [-0.3, -0.25) is 0 Å². The summed E-state index contributed by atoms with van der Waals surface area (Å²) in [5.41, 5.74) is 0. The predicted molar refractivity (Wildman–Crippen MR) is 120 cm³/mol. The molecule has 144 valence electrons. The Morgan fingerprint density at radius 1 is 0.690 bits per heavy atom. The molecule has 0 aliphatic heterocycles. The van der Waals surface area contributed by atoms with Crippen molar-refractivity contribution in [2.45, 2.75) is 10.4 Å². The first-order chi connectivity index (χ1) is 14.2. The summed E-state index contributed by atoms with van der Waals surface area (Å²) in [6.45, 7) is 0. The molecule has 2 bridgehead atoms. The third kappa shape index (κ3) is 2.88. The van der Waals surface area contributed by atoms with Crippen molar-refractivity contribution in [3.8, 4) is 0 Å². The van der Waals surface area contributed by atoms with Crippen LogP contribution in [0.15, 0.2) is 103 Å². The first-order valence-electron chi connectivity index (χ1n) is 10.3. The van der Waals surface area contributed by atoms with Crippen LogP contribution in [0.5, 0.6) is 0 Å². The van der Waals surface area contributed by atoms with Gasteiger partial charge in [-0.15, -0.1) is 0 Å². The number of allylic oxidation sites excluding steroid dienone is 2. The Morgan fingerprint density at radius 2 is 1.10 bits per heavy atom. The van der Waals surface area contributed by atoms with Crippen molar-refractivity contribution in [2.75, 3.05) is 0 Å². The summed E-state index contributed by atoms with van der Waals surface area (Å²) in [4.78, 5) is 12.5. The van der Waals surface area contributed by atoms with Crippen LogP contribution in [0.3, 0.4) is 0 Å². The normalized spacial score (nSPS) is 25.2. The Kier molecular flexibility index (Phi) is 4.82. The Hall–Kier alpha value is -2.33. The molecule has 29 heavy (non-hydrogen) atoms. The van der Waals surface area contributed by atoms with Gasteiger partial charge in [0.2, 0.25) is 0 Å². The van der Waals surface area contributed by atoms with E-state index in [0.717, 1.165) is 6.42 Å². The van der Waals surface area contributed by atoms with Gasteiger partial charge in [-0.1, -0.05) is 0 Å². The molecule has 2 aliphatic carbocycles. The summed E-state index contributed by atoms with van der Waals surface area (Å²) >= 11 is -3.67. The number of aliphatic carboxylic acids is 1. The zero-order valence-corrected chi connectivity index (χ0v) is 19.0. The minimum absolute atomic E-state index is 0.162. The SMILES string of the molecule is O=C(O)[C@@H]1[C@@H]([Sn]([c]2ccccc2)([c]2ccccc2)[c]2ccccc2)[C@@H]2C=C[C@H]1C2. The summed E-state index contributed by atoms with van der Waals surface area (Å²) < 4.78 is 4.29. The second-order valence-corrected chi connectivity index (χ2v) is 19.7. The van der Waals surface area contributed by atoms with E-state index in [2.05, 4.69) is 103 Å². The monoisotopic (exact) mass is 488 g/mol. The fourth-order valence-electron chi connectivity index (χ4n) is 5.93. The van der Waals surface area contributed by atoms with E-state index in [0.29, 0.717) is 5.92 Å². The van der Waals surface area contributed by atoms with Gasteiger partial charge in [-0.25, -0.2) is 0 Å². The zero-order chi connectivity index (χ0) is 19.8. The average molecular weight is 487 g/mol. The topological polar surface area (TPSA) is 37.3 Å². The molecule has 0 unspecified atom stereocenters. The van der Waals surface area contributed by atoms with Gasteiger partial charge < -0.3 is 0 Å². The third-order valence-corrected chi connectivity index (χ3v) is 22.7. The third-order valence-electron chi connectivity index (χ3n) is 6.93. The number of carboxylic acids is 1. The van der Waals surface area contributed by atoms with E-state index in [1.807, 2.05) is 0 Å². The van der Waals surface area contributed by atoms with E-state index in [-0.39, 0.29) is 15.8 Å². The molecule has 0 spiro atoms. The van der Waals surface area contributed by atoms with Crippen LogP contribution < -0.4 is 10.7 Å². The van der Waals surface area contributed by atoms with Crippen LogP contribution >= 0.6 is 0 Å². The summed E-state index contributed by atoms with van der Waals surface area (Å²) in [7, 11) is 0. The van der Waals surface area contributed by atoms with E-state index in [9.17, 15) is 9.90 Å². The molecule has 4 atom stereocenters. The molecule has 1 fully saturated rings. The first-order valence-corrected chi connectivity index (χ1v) is 16.2. The zero-order valence-electron chi connectivity index (χ0n) is 16.2. The van der Waals surface area contributed by atoms with E-state index < -0.39 is 24.3 Å². The van der Waals surface area contributed by atoms with E-state index >= 15 is 0 Å². The van der Waals surface area contributed by atoms with Crippen LogP contribution in [0, 0.1) is 17.8 Å². The number of carboxylic acid groups (broad SMARTS) is 1. The minimum atomic E-state index is -3.67. The van der Waals surface area contributed by atoms with Gasteiger partial charge in [0.05, 0.1) is 0 Å². The molecule has 0 saturated heterocycles. The van der Waals surface area contributed by atoms with Gasteiger partial charge in [0.25, 0.3) is 0 Å². The van der Waals surface area contributed by atoms with Gasteiger partial charge in [0, 0.05) is 0 Å². The fraction of sp³-hybridized carbons (Fsp3) is 0.192. The summed E-state index contributed by atoms with van der Waals surface area (Å²) in [5.74, 6) is -0.427. The maximum atomic E-state index is 12.5.